The van der Waals surface area contributed by atoms with Crippen LogP contribution < -0.4 is 4.90 Å². The molecule has 1 aliphatic heterocycles. The summed E-state index contributed by atoms with van der Waals surface area (Å²) >= 11 is 6.03. The van der Waals surface area contributed by atoms with E-state index in [4.69, 9.17) is 21.1 Å². The minimum Gasteiger partial charge on any atom is -0.382 e. The molecule has 0 spiro atoms. The number of nitrogens with zero attached hydrogens (tertiary/aromatic N) is 2. The second-order valence-electron chi connectivity index (χ2n) is 4.94. The molecule has 4 nitrogen and oxygen atoms in total. The van der Waals surface area contributed by atoms with Crippen molar-refractivity contribution in [3.8, 4) is 6.07 Å². The fourth-order valence-corrected chi connectivity index (χ4v) is 2.61. The van der Waals surface area contributed by atoms with Gasteiger partial charge in [0.05, 0.1) is 31.1 Å². The van der Waals surface area contributed by atoms with Gasteiger partial charge in [0.2, 0.25) is 0 Å². The van der Waals surface area contributed by atoms with Crippen LogP contribution in [0.2, 0.25) is 5.02 Å². The van der Waals surface area contributed by atoms with Crippen molar-refractivity contribution in [2.45, 2.75) is 6.42 Å². The molecule has 1 aromatic rings. The minimum absolute atomic E-state index is 0.498. The van der Waals surface area contributed by atoms with Crippen LogP contribution in [0.1, 0.15) is 12.0 Å². The fourth-order valence-electron chi connectivity index (χ4n) is 2.44. The van der Waals surface area contributed by atoms with Crippen LogP contribution in [0.4, 0.5) is 5.69 Å². The Labute approximate surface area is 124 Å². The second-order valence-corrected chi connectivity index (χ2v) is 5.38. The number of rotatable bonds is 6. The molecular weight excluding hydrogens is 276 g/mol. The summed E-state index contributed by atoms with van der Waals surface area (Å²) in [5, 5.41) is 9.84. The van der Waals surface area contributed by atoms with Gasteiger partial charge in [-0.2, -0.15) is 5.26 Å². The van der Waals surface area contributed by atoms with Gasteiger partial charge in [0.1, 0.15) is 6.07 Å². The van der Waals surface area contributed by atoms with Crippen LogP contribution >= 0.6 is 11.6 Å². The first-order valence-electron chi connectivity index (χ1n) is 6.76. The molecule has 20 heavy (non-hydrogen) atoms. The minimum atomic E-state index is 0.498. The summed E-state index contributed by atoms with van der Waals surface area (Å²) in [4.78, 5) is 2.22. The van der Waals surface area contributed by atoms with Gasteiger partial charge in [-0.15, -0.1) is 0 Å². The van der Waals surface area contributed by atoms with Gasteiger partial charge in [0.25, 0.3) is 0 Å². The number of halogens is 1. The van der Waals surface area contributed by atoms with Gasteiger partial charge in [-0.25, -0.2) is 0 Å². The van der Waals surface area contributed by atoms with E-state index in [2.05, 4.69) is 11.0 Å². The van der Waals surface area contributed by atoms with Crippen LogP contribution in [0.5, 0.6) is 0 Å². The molecule has 1 atom stereocenters. The quantitative estimate of drug-likeness (QED) is 0.757. The highest BCUT2D eigenvalue weighted by atomic mass is 35.5. The van der Waals surface area contributed by atoms with Crippen molar-refractivity contribution in [3.63, 3.8) is 0 Å². The van der Waals surface area contributed by atoms with E-state index in [0.717, 1.165) is 31.8 Å². The van der Waals surface area contributed by atoms with Crippen LogP contribution in [0.25, 0.3) is 0 Å². The average molecular weight is 295 g/mol. The lowest BCUT2D eigenvalue weighted by atomic mass is 10.1. The first-order chi connectivity index (χ1) is 9.74. The van der Waals surface area contributed by atoms with Crippen LogP contribution in [-0.4, -0.2) is 40.0 Å². The normalized spacial score (nSPS) is 18.2. The van der Waals surface area contributed by atoms with E-state index in [9.17, 15) is 5.26 Å². The number of anilines is 1. The third-order valence-corrected chi connectivity index (χ3v) is 3.73. The van der Waals surface area contributed by atoms with Gasteiger partial charge in [0.15, 0.2) is 0 Å². The van der Waals surface area contributed by atoms with E-state index in [1.165, 1.54) is 0 Å². The molecule has 0 amide bonds. The zero-order chi connectivity index (χ0) is 14.4. The summed E-state index contributed by atoms with van der Waals surface area (Å²) < 4.78 is 10.5. The molecule has 1 saturated heterocycles. The third kappa shape index (κ3) is 3.86. The molecule has 1 aliphatic rings. The van der Waals surface area contributed by atoms with Crippen LogP contribution in [0.3, 0.4) is 0 Å². The maximum absolute atomic E-state index is 9.18. The molecule has 108 valence electrons. The Morgan fingerprint density at radius 1 is 1.45 bits per heavy atom. The highest BCUT2D eigenvalue weighted by Gasteiger charge is 2.24. The Kier molecular flexibility index (Phi) is 5.66. The van der Waals surface area contributed by atoms with Crippen molar-refractivity contribution in [2.75, 3.05) is 44.9 Å². The summed E-state index contributed by atoms with van der Waals surface area (Å²) in [7, 11) is 1.67. The molecule has 1 fully saturated rings. The monoisotopic (exact) mass is 294 g/mol. The van der Waals surface area contributed by atoms with Crippen LogP contribution in [-0.2, 0) is 9.47 Å². The van der Waals surface area contributed by atoms with Gasteiger partial charge in [0, 0.05) is 31.1 Å². The number of nitriles is 1. The van der Waals surface area contributed by atoms with Gasteiger partial charge >= 0.3 is 0 Å². The maximum Gasteiger partial charge on any atom is 0.101 e. The number of hydrogen-bond acceptors (Lipinski definition) is 4. The summed E-state index contributed by atoms with van der Waals surface area (Å²) in [6.07, 6.45) is 1.07. The molecule has 5 heteroatoms. The van der Waals surface area contributed by atoms with E-state index in [1.807, 2.05) is 6.07 Å². The maximum atomic E-state index is 9.18. The van der Waals surface area contributed by atoms with E-state index in [0.29, 0.717) is 29.7 Å². The van der Waals surface area contributed by atoms with Crippen LogP contribution in [0.15, 0.2) is 18.2 Å². The highest BCUT2D eigenvalue weighted by Crippen LogP contribution is 2.29. The van der Waals surface area contributed by atoms with Gasteiger partial charge in [-0.05, 0) is 24.6 Å². The second kappa shape index (κ2) is 7.49. The topological polar surface area (TPSA) is 45.5 Å². The van der Waals surface area contributed by atoms with E-state index in [1.54, 1.807) is 19.2 Å². The number of ether oxygens (including phenoxy) is 2. The lowest BCUT2D eigenvalue weighted by Crippen LogP contribution is -2.22. The van der Waals surface area contributed by atoms with Crippen LogP contribution in [0, 0.1) is 17.2 Å². The Morgan fingerprint density at radius 3 is 3.05 bits per heavy atom. The summed E-state index contributed by atoms with van der Waals surface area (Å²) in [6.45, 7) is 3.84. The third-order valence-electron chi connectivity index (χ3n) is 3.49. The van der Waals surface area contributed by atoms with Crippen molar-refractivity contribution in [1.29, 1.82) is 5.26 Å². The van der Waals surface area contributed by atoms with E-state index < -0.39 is 0 Å². The molecule has 0 saturated carbocycles. The van der Waals surface area contributed by atoms with Crippen molar-refractivity contribution in [1.82, 2.24) is 0 Å². The molecule has 2 rings (SSSR count). The highest BCUT2D eigenvalue weighted by molar-refractivity contribution is 6.30. The molecule has 0 bridgehead atoms. The SMILES string of the molecule is COCCOCC1CCN(c2cc(Cl)ccc2C#N)C1. The smallest absolute Gasteiger partial charge is 0.101 e. The first kappa shape index (κ1) is 15.1. The standard InChI is InChI=1S/C15H19ClN2O2/c1-19-6-7-20-11-12-4-5-18(10-12)15-8-14(16)3-2-13(15)9-17/h2-3,8,12H,4-7,10-11H2,1H3. The Bertz CT molecular complexity index is 487. The van der Waals surface area contributed by atoms with Gasteiger partial charge in [-0.3, -0.25) is 0 Å². The summed E-state index contributed by atoms with van der Waals surface area (Å²) in [5.74, 6) is 0.498. The van der Waals surface area contributed by atoms with Gasteiger partial charge in [-0.1, -0.05) is 11.6 Å². The van der Waals surface area contributed by atoms with Crippen molar-refractivity contribution in [3.05, 3.63) is 28.8 Å². The lowest BCUT2D eigenvalue weighted by molar-refractivity contribution is 0.0549. The molecular formula is C15H19ClN2O2. The Hall–Kier alpha value is -1.28. The lowest BCUT2D eigenvalue weighted by Gasteiger charge is -2.20. The molecule has 1 aromatic carbocycles. The number of hydrogen-bond donors (Lipinski definition) is 0. The predicted molar refractivity (Wildman–Crippen MR) is 79.2 cm³/mol. The van der Waals surface area contributed by atoms with Crippen molar-refractivity contribution >= 4 is 17.3 Å². The molecule has 0 N–H and O–H groups in total. The number of methoxy groups -OCH3 is 1. The molecule has 0 radical (unpaired) electrons. The number of benzene rings is 1. The van der Waals surface area contributed by atoms with Crippen molar-refractivity contribution in [2.24, 2.45) is 5.92 Å². The predicted octanol–water partition coefficient (Wildman–Crippen LogP) is 2.70. The Morgan fingerprint density at radius 2 is 2.30 bits per heavy atom. The molecule has 1 unspecified atom stereocenters. The Balaban J connectivity index is 1.92. The van der Waals surface area contributed by atoms with Crippen molar-refractivity contribution < 1.29 is 9.47 Å². The zero-order valence-electron chi connectivity index (χ0n) is 11.6. The van der Waals surface area contributed by atoms with E-state index in [-0.39, 0.29) is 0 Å². The van der Waals surface area contributed by atoms with E-state index >= 15 is 0 Å². The summed E-state index contributed by atoms with van der Waals surface area (Å²) in [6, 6.07) is 7.63. The first-order valence-corrected chi connectivity index (χ1v) is 7.13. The largest absolute Gasteiger partial charge is 0.382 e. The molecule has 0 aromatic heterocycles. The molecule has 1 heterocycles. The average Bonchev–Trinajstić information content (AvgIpc) is 2.92. The summed E-state index contributed by atoms with van der Waals surface area (Å²) in [5.41, 5.74) is 1.61. The zero-order valence-corrected chi connectivity index (χ0v) is 12.4. The molecule has 0 aliphatic carbocycles. The van der Waals surface area contributed by atoms with Gasteiger partial charge < -0.3 is 14.4 Å². The fraction of sp³-hybridized carbons (Fsp3) is 0.533.